The van der Waals surface area contributed by atoms with E-state index in [1.54, 1.807) is 6.08 Å². The molecule has 4 heteroatoms. The van der Waals surface area contributed by atoms with Crippen LogP contribution in [0.1, 0.15) is 438 Å². The summed E-state index contributed by atoms with van der Waals surface area (Å²) in [6.07, 6.45) is 103. The van der Waals surface area contributed by atoms with Crippen LogP contribution in [-0.4, -0.2) is 34.9 Å². The molecule has 0 aliphatic carbocycles. The van der Waals surface area contributed by atoms with Gasteiger partial charge in [-0.25, -0.2) is 0 Å². The first kappa shape index (κ1) is 80.6. The third-order valence-electron chi connectivity index (χ3n) is 18.1. The van der Waals surface area contributed by atoms with Crippen LogP contribution in [0.25, 0.3) is 0 Å². The van der Waals surface area contributed by atoms with Crippen LogP contribution in [0.4, 0.5) is 0 Å². The number of allylic oxidation sites excluding steroid dienone is 5. The van der Waals surface area contributed by atoms with Gasteiger partial charge in [-0.15, -0.1) is 0 Å². The predicted molar refractivity (Wildman–Crippen MR) is 369 cm³/mol. The maximum absolute atomic E-state index is 12.6. The zero-order valence-electron chi connectivity index (χ0n) is 56.3. The summed E-state index contributed by atoms with van der Waals surface area (Å²) >= 11 is 0. The number of hydrogen-bond acceptors (Lipinski definition) is 3. The summed E-state index contributed by atoms with van der Waals surface area (Å²) in [4.78, 5) is 12.6. The van der Waals surface area contributed by atoms with E-state index in [-0.39, 0.29) is 12.5 Å². The summed E-state index contributed by atoms with van der Waals surface area (Å²) in [5.41, 5.74) is 0. The molecule has 4 nitrogen and oxygen atoms in total. The molecule has 486 valence electrons. The molecule has 0 aromatic rings. The molecule has 0 saturated heterocycles. The fourth-order valence-electron chi connectivity index (χ4n) is 12.3. The first-order valence-corrected chi connectivity index (χ1v) is 38.2. The zero-order valence-corrected chi connectivity index (χ0v) is 56.3. The molecule has 1 amide bonds. The Hall–Kier alpha value is -1.39. The number of carbonyl (C=O) groups is 1. The number of nitrogens with one attached hydrogen (secondary N) is 1. The quantitative estimate of drug-likeness (QED) is 0.0420. The number of unbranched alkanes of at least 4 members (excludes halogenated alkanes) is 61. The average molecular weight is 1150 g/mol. The summed E-state index contributed by atoms with van der Waals surface area (Å²) in [6.45, 7) is 4.35. The first-order chi connectivity index (χ1) is 40.7. The van der Waals surface area contributed by atoms with E-state index >= 15 is 0 Å². The molecule has 0 saturated carbocycles. The number of hydrogen-bond donors (Lipinski definition) is 3. The van der Waals surface area contributed by atoms with Crippen LogP contribution in [-0.2, 0) is 4.79 Å². The topological polar surface area (TPSA) is 69.6 Å². The van der Waals surface area contributed by atoms with Crippen molar-refractivity contribution < 1.29 is 15.0 Å². The molecule has 0 aliphatic heterocycles. The van der Waals surface area contributed by atoms with Gasteiger partial charge in [-0.3, -0.25) is 4.79 Å². The van der Waals surface area contributed by atoms with Crippen LogP contribution in [0.2, 0.25) is 0 Å². The van der Waals surface area contributed by atoms with Gasteiger partial charge < -0.3 is 15.5 Å². The molecule has 0 aromatic heterocycles. The molecule has 0 bridgehead atoms. The number of rotatable bonds is 72. The first-order valence-electron chi connectivity index (χ1n) is 38.2. The van der Waals surface area contributed by atoms with Crippen LogP contribution in [0.3, 0.4) is 0 Å². The van der Waals surface area contributed by atoms with Crippen molar-refractivity contribution in [2.24, 2.45) is 0 Å². The van der Waals surface area contributed by atoms with E-state index in [0.717, 1.165) is 32.1 Å². The largest absolute Gasteiger partial charge is 0.394 e. The number of amides is 1. The molecule has 0 heterocycles. The van der Waals surface area contributed by atoms with Gasteiger partial charge in [0.05, 0.1) is 18.8 Å². The van der Waals surface area contributed by atoms with Gasteiger partial charge in [0.2, 0.25) is 5.91 Å². The van der Waals surface area contributed by atoms with Gasteiger partial charge in [0.1, 0.15) is 0 Å². The van der Waals surface area contributed by atoms with E-state index in [0.29, 0.717) is 6.42 Å². The molecule has 2 atom stereocenters. The fourth-order valence-corrected chi connectivity index (χ4v) is 12.3. The third-order valence-corrected chi connectivity index (χ3v) is 18.1. The van der Waals surface area contributed by atoms with Crippen molar-refractivity contribution in [2.45, 2.75) is 450 Å². The van der Waals surface area contributed by atoms with Gasteiger partial charge in [-0.05, 0) is 57.8 Å². The van der Waals surface area contributed by atoms with Crippen LogP contribution in [0.15, 0.2) is 36.5 Å². The van der Waals surface area contributed by atoms with Gasteiger partial charge in [-0.2, -0.15) is 0 Å². The maximum atomic E-state index is 12.6. The van der Waals surface area contributed by atoms with Crippen LogP contribution < -0.4 is 5.32 Å². The van der Waals surface area contributed by atoms with E-state index in [9.17, 15) is 15.0 Å². The highest BCUT2D eigenvalue weighted by Gasteiger charge is 2.18. The second-order valence-corrected chi connectivity index (χ2v) is 26.4. The Morgan fingerprint density at radius 3 is 0.707 bits per heavy atom. The van der Waals surface area contributed by atoms with Crippen LogP contribution >= 0.6 is 0 Å². The minimum atomic E-state index is -0.863. The smallest absolute Gasteiger partial charge is 0.220 e. The lowest BCUT2D eigenvalue weighted by Crippen LogP contribution is -2.45. The van der Waals surface area contributed by atoms with E-state index < -0.39 is 12.1 Å². The lowest BCUT2D eigenvalue weighted by molar-refractivity contribution is -0.123. The van der Waals surface area contributed by atoms with Crippen molar-refractivity contribution in [1.82, 2.24) is 5.32 Å². The number of carbonyl (C=O) groups excluding carboxylic acids is 1. The Morgan fingerprint density at radius 2 is 0.476 bits per heavy atom. The van der Waals surface area contributed by atoms with Gasteiger partial charge in [-0.1, -0.05) is 410 Å². The van der Waals surface area contributed by atoms with Crippen molar-refractivity contribution in [3.8, 4) is 0 Å². The lowest BCUT2D eigenvalue weighted by Gasteiger charge is -2.19. The monoisotopic (exact) mass is 1150 g/mol. The Kier molecular flexibility index (Phi) is 72.6. The summed E-state index contributed by atoms with van der Waals surface area (Å²) in [5, 5.41) is 23.3. The molecule has 0 aromatic carbocycles. The summed E-state index contributed by atoms with van der Waals surface area (Å²) in [6, 6.07) is -0.639. The number of aliphatic hydroxyl groups excluding tert-OH is 2. The molecule has 0 fully saturated rings. The second-order valence-electron chi connectivity index (χ2n) is 26.4. The van der Waals surface area contributed by atoms with E-state index in [1.807, 2.05) is 6.08 Å². The van der Waals surface area contributed by atoms with Gasteiger partial charge in [0.15, 0.2) is 0 Å². The van der Waals surface area contributed by atoms with E-state index in [4.69, 9.17) is 0 Å². The van der Waals surface area contributed by atoms with E-state index in [1.165, 1.54) is 385 Å². The highest BCUT2D eigenvalue weighted by atomic mass is 16.3. The molecular formula is C78H151NO3. The van der Waals surface area contributed by atoms with Gasteiger partial charge in [0.25, 0.3) is 0 Å². The molecule has 0 radical (unpaired) electrons. The van der Waals surface area contributed by atoms with Crippen molar-refractivity contribution in [3.63, 3.8) is 0 Å². The summed E-state index contributed by atoms with van der Waals surface area (Å²) in [5.74, 6) is -0.0641. The normalized spacial score (nSPS) is 12.8. The van der Waals surface area contributed by atoms with Crippen molar-refractivity contribution in [1.29, 1.82) is 0 Å². The lowest BCUT2D eigenvalue weighted by atomic mass is 10.0. The van der Waals surface area contributed by atoms with Gasteiger partial charge in [0, 0.05) is 6.42 Å². The zero-order chi connectivity index (χ0) is 59.1. The third kappa shape index (κ3) is 69.4. The Bertz CT molecular complexity index is 1260. The maximum Gasteiger partial charge on any atom is 0.220 e. The van der Waals surface area contributed by atoms with Crippen LogP contribution in [0, 0.1) is 0 Å². The van der Waals surface area contributed by atoms with Gasteiger partial charge >= 0.3 is 0 Å². The second kappa shape index (κ2) is 73.9. The fraction of sp³-hybridized carbons (Fsp3) is 0.910. The average Bonchev–Trinajstić information content (AvgIpc) is 3.50. The Balaban J connectivity index is 3.41. The molecular weight excluding hydrogens is 999 g/mol. The predicted octanol–water partition coefficient (Wildman–Crippen LogP) is 26.3. The highest BCUT2D eigenvalue weighted by molar-refractivity contribution is 5.76. The minimum Gasteiger partial charge on any atom is -0.394 e. The standard InChI is InChI=1S/C78H151NO3/c1-3-5-7-9-11-13-15-17-19-21-23-25-27-29-31-33-35-36-37-38-39-40-41-42-44-46-48-50-52-54-56-58-60-62-64-66-68-70-72-74-78(82)79-76(75-80)77(81)73-71-69-67-65-63-61-59-57-55-53-51-49-47-45-43-34-32-30-28-26-24-22-20-18-16-14-12-10-8-6-4-2/h21,23,63,65,71,73,76-77,80-81H,3-20,22,24-62,64,66-70,72,74-75H2,1-2H3,(H,79,82)/b23-21-,65-63+,73-71+. The Morgan fingerprint density at radius 1 is 0.280 bits per heavy atom. The van der Waals surface area contributed by atoms with Crippen molar-refractivity contribution in [3.05, 3.63) is 36.5 Å². The SMILES string of the molecule is CCCCCCCCCC/C=C\CCCCCCCCCCCCCCCCCCCCCCCCCCCCCC(=O)NC(CO)C(O)/C=C/CC/C=C/CCCCCCCCCCCCCCCCCCCCCCCCCCC. The molecule has 3 N–H and O–H groups in total. The van der Waals surface area contributed by atoms with E-state index in [2.05, 4.69) is 43.5 Å². The molecule has 0 aliphatic rings. The van der Waals surface area contributed by atoms with Crippen molar-refractivity contribution >= 4 is 5.91 Å². The summed E-state index contributed by atoms with van der Waals surface area (Å²) in [7, 11) is 0. The van der Waals surface area contributed by atoms with Crippen molar-refractivity contribution in [2.75, 3.05) is 6.61 Å². The van der Waals surface area contributed by atoms with Crippen LogP contribution in [0.5, 0.6) is 0 Å². The Labute approximate surface area is 516 Å². The molecule has 0 spiro atoms. The highest BCUT2D eigenvalue weighted by Crippen LogP contribution is 2.20. The molecule has 2 unspecified atom stereocenters. The summed E-state index contributed by atoms with van der Waals surface area (Å²) < 4.78 is 0. The molecule has 0 rings (SSSR count). The minimum absolute atomic E-state index is 0.0641. The molecule has 82 heavy (non-hydrogen) atoms. The number of aliphatic hydroxyl groups is 2.